The summed E-state index contributed by atoms with van der Waals surface area (Å²) in [4.78, 5) is 0. The maximum atomic E-state index is 13.2. The van der Waals surface area contributed by atoms with Crippen molar-refractivity contribution in [2.75, 3.05) is 13.2 Å². The Morgan fingerprint density at radius 2 is 1.70 bits per heavy atom. The van der Waals surface area contributed by atoms with Crippen molar-refractivity contribution in [3.05, 3.63) is 29.6 Å². The van der Waals surface area contributed by atoms with E-state index in [1.54, 1.807) is 0 Å². The van der Waals surface area contributed by atoms with Gasteiger partial charge in [0, 0.05) is 19.1 Å². The van der Waals surface area contributed by atoms with Gasteiger partial charge in [0.1, 0.15) is 0 Å². The van der Waals surface area contributed by atoms with Crippen LogP contribution in [0.5, 0.6) is 0 Å². The molecule has 110 valence electrons. The van der Waals surface area contributed by atoms with Gasteiger partial charge in [0.2, 0.25) is 0 Å². The van der Waals surface area contributed by atoms with Crippen LogP contribution < -0.4 is 5.46 Å². The standard InChI is InChI=1S/C14H18BF3O2/c1-2-3-4-5-10-8-19-15(20-9-10)11-6-12(16)14(18)13(17)7-11/h6-7,10H,2-5,8-9H2,1H3. The molecule has 0 aromatic heterocycles. The van der Waals surface area contributed by atoms with Gasteiger partial charge in [-0.05, 0) is 24.0 Å². The number of unbranched alkanes of at least 4 members (excludes halogenated alkanes) is 2. The molecule has 0 N–H and O–H groups in total. The normalized spacial score (nSPS) is 16.7. The summed E-state index contributed by atoms with van der Waals surface area (Å²) in [5, 5.41) is 0. The van der Waals surface area contributed by atoms with Crippen LogP contribution in [0.25, 0.3) is 0 Å². The van der Waals surface area contributed by atoms with E-state index in [2.05, 4.69) is 6.92 Å². The molecule has 1 aromatic rings. The quantitative estimate of drug-likeness (QED) is 0.470. The van der Waals surface area contributed by atoms with Gasteiger partial charge in [0.25, 0.3) is 0 Å². The molecule has 6 heteroatoms. The summed E-state index contributed by atoms with van der Waals surface area (Å²) in [6.45, 7) is 3.13. The molecule has 2 nitrogen and oxygen atoms in total. The Bertz CT molecular complexity index is 425. The van der Waals surface area contributed by atoms with E-state index in [0.717, 1.165) is 31.4 Å². The number of halogens is 3. The van der Waals surface area contributed by atoms with E-state index in [9.17, 15) is 13.2 Å². The molecular weight excluding hydrogens is 268 g/mol. The predicted octanol–water partition coefficient (Wildman–Crippen LogP) is 3.04. The van der Waals surface area contributed by atoms with Crippen LogP contribution in [0.2, 0.25) is 0 Å². The smallest absolute Gasteiger partial charge is 0.407 e. The average Bonchev–Trinajstić information content (AvgIpc) is 2.45. The molecule has 1 aliphatic rings. The number of hydrogen-bond acceptors (Lipinski definition) is 2. The van der Waals surface area contributed by atoms with E-state index < -0.39 is 24.6 Å². The third-order valence-corrected chi connectivity index (χ3v) is 3.46. The molecule has 1 heterocycles. The molecule has 1 saturated heterocycles. The first-order valence-electron chi connectivity index (χ1n) is 6.99. The second-order valence-corrected chi connectivity index (χ2v) is 5.16. The SMILES string of the molecule is CCCCCC1COB(c2cc(F)c(F)c(F)c2)OC1. The molecule has 0 spiro atoms. The van der Waals surface area contributed by atoms with Gasteiger partial charge in [0.05, 0.1) is 0 Å². The van der Waals surface area contributed by atoms with Crippen molar-refractivity contribution in [1.82, 2.24) is 0 Å². The highest BCUT2D eigenvalue weighted by molar-refractivity contribution is 6.61. The van der Waals surface area contributed by atoms with Crippen LogP contribution >= 0.6 is 0 Å². The summed E-state index contributed by atoms with van der Waals surface area (Å²) in [6, 6.07) is 1.83. The van der Waals surface area contributed by atoms with Crippen molar-refractivity contribution < 1.29 is 22.5 Å². The first-order valence-corrected chi connectivity index (χ1v) is 6.99. The lowest BCUT2D eigenvalue weighted by Crippen LogP contribution is -2.44. The Kier molecular flexibility index (Phi) is 5.49. The summed E-state index contributed by atoms with van der Waals surface area (Å²) in [6.07, 6.45) is 4.48. The Hall–Kier alpha value is -1.01. The van der Waals surface area contributed by atoms with Gasteiger partial charge in [-0.25, -0.2) is 13.2 Å². The first kappa shape index (κ1) is 15.4. The summed E-state index contributed by atoms with van der Waals surface area (Å²) in [7, 11) is -0.818. The van der Waals surface area contributed by atoms with E-state index in [1.807, 2.05) is 0 Å². The molecule has 0 unspecified atom stereocenters. The highest BCUT2D eigenvalue weighted by atomic mass is 19.2. The average molecular weight is 286 g/mol. The van der Waals surface area contributed by atoms with E-state index in [0.29, 0.717) is 19.1 Å². The number of benzene rings is 1. The van der Waals surface area contributed by atoms with E-state index in [-0.39, 0.29) is 5.46 Å². The van der Waals surface area contributed by atoms with Gasteiger partial charge in [-0.2, -0.15) is 0 Å². The van der Waals surface area contributed by atoms with Crippen LogP contribution in [-0.2, 0) is 9.31 Å². The Labute approximate surface area is 117 Å². The summed E-state index contributed by atoms with van der Waals surface area (Å²) < 4.78 is 50.1. The lowest BCUT2D eigenvalue weighted by Gasteiger charge is -2.27. The summed E-state index contributed by atoms with van der Waals surface area (Å²) in [5.74, 6) is -3.61. The second kappa shape index (κ2) is 7.13. The lowest BCUT2D eigenvalue weighted by molar-refractivity contribution is 0.0810. The van der Waals surface area contributed by atoms with Gasteiger partial charge in [-0.1, -0.05) is 26.2 Å². The molecule has 0 saturated carbocycles. The highest BCUT2D eigenvalue weighted by Crippen LogP contribution is 2.17. The Balaban J connectivity index is 1.90. The third kappa shape index (κ3) is 3.76. The first-order chi connectivity index (χ1) is 9.61. The minimum Gasteiger partial charge on any atom is -0.407 e. The molecule has 0 radical (unpaired) electrons. The van der Waals surface area contributed by atoms with Crippen molar-refractivity contribution in [3.8, 4) is 0 Å². The molecular formula is C14H18BF3O2. The van der Waals surface area contributed by atoms with Crippen LogP contribution in [0.4, 0.5) is 13.2 Å². The van der Waals surface area contributed by atoms with Crippen LogP contribution in [0, 0.1) is 23.4 Å². The zero-order chi connectivity index (χ0) is 14.5. The summed E-state index contributed by atoms with van der Waals surface area (Å²) >= 11 is 0. The third-order valence-electron chi connectivity index (χ3n) is 3.46. The molecule has 1 aromatic carbocycles. The molecule has 0 amide bonds. The topological polar surface area (TPSA) is 18.5 Å². The zero-order valence-corrected chi connectivity index (χ0v) is 11.5. The maximum absolute atomic E-state index is 13.2. The van der Waals surface area contributed by atoms with Gasteiger partial charge in [0.15, 0.2) is 17.5 Å². The predicted molar refractivity (Wildman–Crippen MR) is 71.2 cm³/mol. The Morgan fingerprint density at radius 3 is 2.25 bits per heavy atom. The maximum Gasteiger partial charge on any atom is 0.494 e. The van der Waals surface area contributed by atoms with Crippen molar-refractivity contribution in [1.29, 1.82) is 0 Å². The second-order valence-electron chi connectivity index (χ2n) is 5.16. The lowest BCUT2D eigenvalue weighted by atomic mass is 9.77. The Morgan fingerprint density at radius 1 is 1.10 bits per heavy atom. The molecule has 0 bridgehead atoms. The number of rotatable bonds is 5. The largest absolute Gasteiger partial charge is 0.494 e. The molecule has 2 rings (SSSR count). The van der Waals surface area contributed by atoms with Crippen molar-refractivity contribution in [2.24, 2.45) is 5.92 Å². The minimum atomic E-state index is -1.47. The van der Waals surface area contributed by atoms with E-state index >= 15 is 0 Å². The molecule has 1 fully saturated rings. The van der Waals surface area contributed by atoms with Crippen LogP contribution in [0.15, 0.2) is 12.1 Å². The highest BCUT2D eigenvalue weighted by Gasteiger charge is 2.30. The number of hydrogen-bond donors (Lipinski definition) is 0. The molecule has 20 heavy (non-hydrogen) atoms. The molecule has 0 aliphatic carbocycles. The molecule has 0 atom stereocenters. The van der Waals surface area contributed by atoms with Gasteiger partial charge in [-0.3, -0.25) is 0 Å². The zero-order valence-electron chi connectivity index (χ0n) is 11.5. The minimum absolute atomic E-state index is 0.174. The van der Waals surface area contributed by atoms with Crippen molar-refractivity contribution >= 4 is 12.6 Å². The van der Waals surface area contributed by atoms with Crippen molar-refractivity contribution in [3.63, 3.8) is 0 Å². The fourth-order valence-electron chi connectivity index (χ4n) is 2.30. The monoisotopic (exact) mass is 286 g/mol. The van der Waals surface area contributed by atoms with Crippen LogP contribution in [0.1, 0.15) is 32.6 Å². The summed E-state index contributed by atoms with van der Waals surface area (Å²) in [5.41, 5.74) is 0.174. The van der Waals surface area contributed by atoms with Crippen molar-refractivity contribution in [2.45, 2.75) is 32.6 Å². The fourth-order valence-corrected chi connectivity index (χ4v) is 2.30. The molecule has 1 aliphatic heterocycles. The van der Waals surface area contributed by atoms with Gasteiger partial charge >= 0.3 is 7.12 Å². The van der Waals surface area contributed by atoms with Gasteiger partial charge < -0.3 is 9.31 Å². The van der Waals surface area contributed by atoms with Gasteiger partial charge in [-0.15, -0.1) is 0 Å². The van der Waals surface area contributed by atoms with E-state index in [4.69, 9.17) is 9.31 Å². The van der Waals surface area contributed by atoms with Crippen LogP contribution in [0.3, 0.4) is 0 Å². The van der Waals surface area contributed by atoms with E-state index in [1.165, 1.54) is 6.42 Å². The fraction of sp³-hybridized carbons (Fsp3) is 0.571. The van der Waals surface area contributed by atoms with Crippen LogP contribution in [-0.4, -0.2) is 20.3 Å².